The standard InChI is InChI=1S/C59H40N2/c1-5-18-41(19-6-1)45-22-15-24-47(38-45)56-40-55(44-20-7-2-8-21-44)60-58(61-56)48-25-16-23-46(39-48)42-34-36-43(37-35-42)51-31-17-33-54-57(51)52-30-13-14-32-53(52)59(54,49-26-9-3-10-27-49)50-28-11-4-12-29-50/h1-40H. The second-order valence-corrected chi connectivity index (χ2v) is 15.7. The Kier molecular flexibility index (Phi) is 9.09. The van der Waals surface area contributed by atoms with Crippen LogP contribution in [0.25, 0.3) is 78.4 Å². The molecule has 0 spiro atoms. The third-order valence-electron chi connectivity index (χ3n) is 12.2. The van der Waals surface area contributed by atoms with Gasteiger partial charge in [-0.2, -0.15) is 0 Å². The summed E-state index contributed by atoms with van der Waals surface area (Å²) in [7, 11) is 0. The molecule has 0 fully saturated rings. The van der Waals surface area contributed by atoms with Crippen molar-refractivity contribution in [3.05, 3.63) is 265 Å². The van der Waals surface area contributed by atoms with Gasteiger partial charge in [-0.1, -0.05) is 224 Å². The minimum atomic E-state index is -0.435. The summed E-state index contributed by atoms with van der Waals surface area (Å²) >= 11 is 0. The molecule has 1 aliphatic rings. The van der Waals surface area contributed by atoms with Crippen molar-refractivity contribution in [3.8, 4) is 78.4 Å². The van der Waals surface area contributed by atoms with Crippen LogP contribution in [0.3, 0.4) is 0 Å². The Morgan fingerprint density at radius 2 is 0.689 bits per heavy atom. The molecule has 1 heterocycles. The van der Waals surface area contributed by atoms with E-state index in [1.165, 1.54) is 50.1 Å². The number of nitrogens with zero attached hydrogens (tertiary/aromatic N) is 2. The lowest BCUT2D eigenvalue weighted by Crippen LogP contribution is -2.28. The van der Waals surface area contributed by atoms with Crippen LogP contribution < -0.4 is 0 Å². The third-order valence-corrected chi connectivity index (χ3v) is 12.2. The molecule has 10 aromatic rings. The molecule has 0 radical (unpaired) electrons. The molecular weight excluding hydrogens is 737 g/mol. The van der Waals surface area contributed by atoms with E-state index < -0.39 is 5.41 Å². The Bertz CT molecular complexity index is 3120. The fourth-order valence-corrected chi connectivity index (χ4v) is 9.38. The van der Waals surface area contributed by atoms with E-state index in [0.717, 1.165) is 44.8 Å². The summed E-state index contributed by atoms with van der Waals surface area (Å²) < 4.78 is 0. The Morgan fingerprint density at radius 3 is 1.34 bits per heavy atom. The highest BCUT2D eigenvalue weighted by atomic mass is 14.9. The fraction of sp³-hybridized carbons (Fsp3) is 0.0169. The van der Waals surface area contributed by atoms with Gasteiger partial charge in [0.05, 0.1) is 16.8 Å². The Morgan fingerprint density at radius 1 is 0.262 bits per heavy atom. The lowest BCUT2D eigenvalue weighted by atomic mass is 9.67. The highest BCUT2D eigenvalue weighted by Crippen LogP contribution is 2.58. The summed E-state index contributed by atoms with van der Waals surface area (Å²) in [4.78, 5) is 10.4. The van der Waals surface area contributed by atoms with E-state index in [4.69, 9.17) is 9.97 Å². The van der Waals surface area contributed by atoms with Crippen LogP contribution in [0.5, 0.6) is 0 Å². The molecule has 61 heavy (non-hydrogen) atoms. The van der Waals surface area contributed by atoms with Gasteiger partial charge in [-0.05, 0) is 85.0 Å². The van der Waals surface area contributed by atoms with Gasteiger partial charge in [0, 0.05) is 16.7 Å². The molecule has 0 saturated heterocycles. The summed E-state index contributed by atoms with van der Waals surface area (Å²) in [5.41, 5.74) is 19.1. The largest absolute Gasteiger partial charge is 0.228 e. The molecule has 0 aliphatic heterocycles. The van der Waals surface area contributed by atoms with Crippen molar-refractivity contribution in [1.82, 2.24) is 9.97 Å². The molecule has 11 rings (SSSR count). The summed E-state index contributed by atoms with van der Waals surface area (Å²) in [6.07, 6.45) is 0. The Hall–Kier alpha value is -7.94. The van der Waals surface area contributed by atoms with Crippen LogP contribution in [0.1, 0.15) is 22.3 Å². The molecule has 286 valence electrons. The van der Waals surface area contributed by atoms with Crippen molar-refractivity contribution in [2.45, 2.75) is 5.41 Å². The number of fused-ring (bicyclic) bond motifs is 3. The average molecular weight is 777 g/mol. The van der Waals surface area contributed by atoms with Crippen LogP contribution in [0.15, 0.2) is 243 Å². The molecule has 1 aliphatic carbocycles. The van der Waals surface area contributed by atoms with Gasteiger partial charge in [0.15, 0.2) is 5.82 Å². The van der Waals surface area contributed by atoms with Crippen molar-refractivity contribution >= 4 is 0 Å². The lowest BCUT2D eigenvalue weighted by Gasteiger charge is -2.34. The van der Waals surface area contributed by atoms with E-state index in [-0.39, 0.29) is 0 Å². The second-order valence-electron chi connectivity index (χ2n) is 15.7. The smallest absolute Gasteiger partial charge is 0.160 e. The van der Waals surface area contributed by atoms with Gasteiger partial charge in [0.25, 0.3) is 0 Å². The summed E-state index contributed by atoms with van der Waals surface area (Å²) in [5.74, 6) is 0.693. The minimum Gasteiger partial charge on any atom is -0.228 e. The van der Waals surface area contributed by atoms with Crippen LogP contribution in [0, 0.1) is 0 Å². The molecule has 0 bridgehead atoms. The van der Waals surface area contributed by atoms with E-state index in [2.05, 4.69) is 237 Å². The van der Waals surface area contributed by atoms with E-state index >= 15 is 0 Å². The zero-order chi connectivity index (χ0) is 40.6. The number of aromatic nitrogens is 2. The summed E-state index contributed by atoms with van der Waals surface area (Å²) in [5, 5.41) is 0. The maximum atomic E-state index is 5.22. The van der Waals surface area contributed by atoms with Crippen LogP contribution >= 0.6 is 0 Å². The second kappa shape index (κ2) is 15.3. The van der Waals surface area contributed by atoms with Gasteiger partial charge >= 0.3 is 0 Å². The van der Waals surface area contributed by atoms with Gasteiger partial charge in [-0.3, -0.25) is 0 Å². The first-order valence-electron chi connectivity index (χ1n) is 20.9. The molecule has 0 unspecified atom stereocenters. The quantitative estimate of drug-likeness (QED) is 0.154. The molecule has 0 atom stereocenters. The topological polar surface area (TPSA) is 25.8 Å². The summed E-state index contributed by atoms with van der Waals surface area (Å²) in [6.45, 7) is 0. The van der Waals surface area contributed by atoms with Crippen molar-refractivity contribution in [2.75, 3.05) is 0 Å². The first-order chi connectivity index (χ1) is 30.2. The van der Waals surface area contributed by atoms with Crippen LogP contribution in [-0.4, -0.2) is 9.97 Å². The summed E-state index contributed by atoms with van der Waals surface area (Å²) in [6, 6.07) is 87.0. The van der Waals surface area contributed by atoms with E-state index in [1.807, 2.05) is 6.07 Å². The number of hydrogen-bond acceptors (Lipinski definition) is 2. The minimum absolute atomic E-state index is 0.435. The lowest BCUT2D eigenvalue weighted by molar-refractivity contribution is 0.768. The molecule has 9 aromatic carbocycles. The van der Waals surface area contributed by atoms with Gasteiger partial charge in [-0.15, -0.1) is 0 Å². The maximum absolute atomic E-state index is 5.22. The van der Waals surface area contributed by atoms with Gasteiger partial charge in [0.1, 0.15) is 0 Å². The molecule has 0 N–H and O–H groups in total. The van der Waals surface area contributed by atoms with E-state index in [9.17, 15) is 0 Å². The first-order valence-corrected chi connectivity index (χ1v) is 20.9. The average Bonchev–Trinajstić information content (AvgIpc) is 3.66. The van der Waals surface area contributed by atoms with Crippen molar-refractivity contribution < 1.29 is 0 Å². The van der Waals surface area contributed by atoms with Gasteiger partial charge in [-0.25, -0.2) is 9.97 Å². The van der Waals surface area contributed by atoms with Crippen LogP contribution in [0.2, 0.25) is 0 Å². The molecule has 1 aromatic heterocycles. The normalized spacial score (nSPS) is 12.4. The van der Waals surface area contributed by atoms with Crippen molar-refractivity contribution in [3.63, 3.8) is 0 Å². The predicted molar refractivity (Wildman–Crippen MR) is 252 cm³/mol. The van der Waals surface area contributed by atoms with Crippen molar-refractivity contribution in [2.24, 2.45) is 0 Å². The van der Waals surface area contributed by atoms with Crippen molar-refractivity contribution in [1.29, 1.82) is 0 Å². The van der Waals surface area contributed by atoms with E-state index in [1.54, 1.807) is 0 Å². The third kappa shape index (κ3) is 6.37. The molecule has 0 saturated carbocycles. The number of benzene rings is 9. The van der Waals surface area contributed by atoms with Gasteiger partial charge in [0.2, 0.25) is 0 Å². The number of rotatable bonds is 8. The molecule has 2 nitrogen and oxygen atoms in total. The van der Waals surface area contributed by atoms with Gasteiger partial charge < -0.3 is 0 Å². The first kappa shape index (κ1) is 36.2. The predicted octanol–water partition coefficient (Wildman–Crippen LogP) is 14.8. The molecule has 2 heteroatoms. The van der Waals surface area contributed by atoms with Crippen LogP contribution in [-0.2, 0) is 5.41 Å². The fourth-order valence-electron chi connectivity index (χ4n) is 9.38. The Labute approximate surface area is 357 Å². The monoisotopic (exact) mass is 776 g/mol. The maximum Gasteiger partial charge on any atom is 0.160 e. The van der Waals surface area contributed by atoms with E-state index in [0.29, 0.717) is 5.82 Å². The zero-order valence-corrected chi connectivity index (χ0v) is 33.5. The number of hydrogen-bond donors (Lipinski definition) is 0. The zero-order valence-electron chi connectivity index (χ0n) is 33.5. The SMILES string of the molecule is c1ccc(-c2cccc(-c3cc(-c4ccccc4)nc(-c4cccc(-c5ccc(-c6cccc7c6-c6ccccc6C7(c6ccccc6)c6ccccc6)cc5)c4)n3)c2)cc1. The highest BCUT2D eigenvalue weighted by molar-refractivity contribution is 5.95. The molecular formula is C59H40N2. The Balaban J connectivity index is 0.986. The molecule has 0 amide bonds. The highest BCUT2D eigenvalue weighted by Gasteiger charge is 2.46. The van der Waals surface area contributed by atoms with Crippen LogP contribution in [0.4, 0.5) is 0 Å².